The van der Waals surface area contributed by atoms with E-state index in [9.17, 15) is 13.2 Å². The Bertz CT molecular complexity index is 673. The van der Waals surface area contributed by atoms with E-state index in [-0.39, 0.29) is 12.6 Å². The third-order valence-corrected chi connectivity index (χ3v) is 5.59. The Labute approximate surface area is 137 Å². The molecule has 23 heavy (non-hydrogen) atoms. The summed E-state index contributed by atoms with van der Waals surface area (Å²) in [6.45, 7) is 5.55. The second-order valence-electron chi connectivity index (χ2n) is 5.89. The minimum absolute atomic E-state index is 0.237. The molecular formula is C16H24N2O4S. The average molecular weight is 340 g/mol. The molecule has 1 saturated heterocycles. The number of nitrogens with zero attached hydrogens (tertiary/aromatic N) is 1. The molecule has 0 spiro atoms. The van der Waals surface area contributed by atoms with E-state index < -0.39 is 15.1 Å². The first-order valence-electron chi connectivity index (χ1n) is 7.75. The van der Waals surface area contributed by atoms with E-state index in [2.05, 4.69) is 5.32 Å². The highest BCUT2D eigenvalue weighted by Gasteiger charge is 2.32. The molecule has 0 saturated carbocycles. The molecule has 2 rings (SSSR count). The molecule has 0 radical (unpaired) electrons. The minimum Gasteiger partial charge on any atom is -0.494 e. The van der Waals surface area contributed by atoms with Crippen molar-refractivity contribution in [1.82, 2.24) is 10.2 Å². The monoisotopic (exact) mass is 340 g/mol. The lowest BCUT2D eigenvalue weighted by Gasteiger charge is -2.18. The first-order valence-corrected chi connectivity index (χ1v) is 9.70. The first-order chi connectivity index (χ1) is 10.8. The highest BCUT2D eigenvalue weighted by molar-refractivity contribution is 7.91. The Balaban J connectivity index is 1.95. The molecule has 0 aliphatic carbocycles. The summed E-state index contributed by atoms with van der Waals surface area (Å²) in [4.78, 5) is 13.8. The second-order valence-corrected chi connectivity index (χ2v) is 8.21. The van der Waals surface area contributed by atoms with Crippen LogP contribution in [0.2, 0.25) is 0 Å². The largest absolute Gasteiger partial charge is 0.494 e. The summed E-state index contributed by atoms with van der Waals surface area (Å²) in [5.74, 6) is 0.767. The fourth-order valence-corrected chi connectivity index (χ4v) is 3.63. The number of rotatable bonds is 5. The Morgan fingerprint density at radius 3 is 2.78 bits per heavy atom. The zero-order valence-electron chi connectivity index (χ0n) is 13.8. The van der Waals surface area contributed by atoms with Gasteiger partial charge in [0.15, 0.2) is 9.84 Å². The van der Waals surface area contributed by atoms with Crippen molar-refractivity contribution in [3.05, 3.63) is 29.3 Å². The number of nitrogens with one attached hydrogen (secondary N) is 1. The van der Waals surface area contributed by atoms with Crippen molar-refractivity contribution in [2.45, 2.75) is 32.1 Å². The maximum absolute atomic E-state index is 12.2. The van der Waals surface area contributed by atoms with Crippen molar-refractivity contribution in [3.8, 4) is 5.75 Å². The minimum atomic E-state index is -3.10. The highest BCUT2D eigenvalue weighted by atomic mass is 32.2. The first kappa shape index (κ1) is 17.6. The molecule has 0 bridgehead atoms. The lowest BCUT2D eigenvalue weighted by Crippen LogP contribution is -2.39. The summed E-state index contributed by atoms with van der Waals surface area (Å²) < 4.78 is 28.7. The molecule has 1 aromatic carbocycles. The summed E-state index contributed by atoms with van der Waals surface area (Å²) >= 11 is 0. The van der Waals surface area contributed by atoms with Crippen molar-refractivity contribution in [2.75, 3.05) is 26.0 Å². The van der Waals surface area contributed by atoms with Crippen molar-refractivity contribution in [1.29, 1.82) is 0 Å². The standard InChI is InChI=1S/C16H24N2O4S/c1-4-22-15-9-12(2)5-6-13(15)10-17-16(19)18-8-7-14(11-18)23(3,20)21/h5-6,9,14H,4,7-8,10-11H2,1-3H3,(H,17,19)/t14-/m0/s1. The molecule has 0 unspecified atom stereocenters. The predicted molar refractivity (Wildman–Crippen MR) is 89.4 cm³/mol. The summed E-state index contributed by atoms with van der Waals surface area (Å²) in [6, 6.07) is 5.61. The zero-order valence-corrected chi connectivity index (χ0v) is 14.6. The van der Waals surface area contributed by atoms with Gasteiger partial charge in [-0.1, -0.05) is 12.1 Å². The Kier molecular flexibility index (Phi) is 5.51. The van der Waals surface area contributed by atoms with Crippen LogP contribution in [0.1, 0.15) is 24.5 Å². The molecule has 1 fully saturated rings. The van der Waals surface area contributed by atoms with Crippen LogP contribution in [0.25, 0.3) is 0 Å². The van der Waals surface area contributed by atoms with Gasteiger partial charge in [0, 0.05) is 31.5 Å². The van der Waals surface area contributed by atoms with E-state index in [1.165, 1.54) is 6.26 Å². The summed E-state index contributed by atoms with van der Waals surface area (Å²) in [7, 11) is -3.10. The van der Waals surface area contributed by atoms with Crippen LogP contribution in [0.15, 0.2) is 18.2 Å². The number of carbonyl (C=O) groups excluding carboxylic acids is 1. The molecule has 6 nitrogen and oxygen atoms in total. The number of hydrogen-bond donors (Lipinski definition) is 1. The third-order valence-electron chi connectivity index (χ3n) is 3.99. The van der Waals surface area contributed by atoms with Crippen LogP contribution in [0, 0.1) is 6.92 Å². The van der Waals surface area contributed by atoms with Gasteiger partial charge in [-0.25, -0.2) is 13.2 Å². The van der Waals surface area contributed by atoms with Crippen molar-refractivity contribution in [2.24, 2.45) is 0 Å². The number of sulfone groups is 1. The van der Waals surface area contributed by atoms with Gasteiger partial charge in [-0.3, -0.25) is 0 Å². The van der Waals surface area contributed by atoms with E-state index >= 15 is 0 Å². The number of amides is 2. The number of benzene rings is 1. The Morgan fingerprint density at radius 1 is 1.43 bits per heavy atom. The van der Waals surface area contributed by atoms with E-state index in [0.29, 0.717) is 26.1 Å². The number of ether oxygens (including phenoxy) is 1. The van der Waals surface area contributed by atoms with Crippen LogP contribution in [0.3, 0.4) is 0 Å². The smallest absolute Gasteiger partial charge is 0.317 e. The van der Waals surface area contributed by atoms with Gasteiger partial charge < -0.3 is 15.0 Å². The summed E-state index contributed by atoms with van der Waals surface area (Å²) in [5, 5.41) is 2.39. The van der Waals surface area contributed by atoms with Crippen LogP contribution >= 0.6 is 0 Å². The van der Waals surface area contributed by atoms with Gasteiger partial charge in [0.05, 0.1) is 11.9 Å². The maximum Gasteiger partial charge on any atom is 0.317 e. The molecule has 0 aromatic heterocycles. The molecule has 7 heteroatoms. The lowest BCUT2D eigenvalue weighted by atomic mass is 10.1. The normalized spacial score (nSPS) is 18.0. The van der Waals surface area contributed by atoms with E-state index in [1.54, 1.807) is 4.90 Å². The predicted octanol–water partition coefficient (Wildman–Crippen LogP) is 1.72. The summed E-state index contributed by atoms with van der Waals surface area (Å²) in [5.41, 5.74) is 2.00. The van der Waals surface area contributed by atoms with Crippen LogP contribution in [-0.2, 0) is 16.4 Å². The van der Waals surface area contributed by atoms with Gasteiger partial charge in [0.2, 0.25) is 0 Å². The average Bonchev–Trinajstić information content (AvgIpc) is 2.96. The number of hydrogen-bond acceptors (Lipinski definition) is 4. The third kappa shape index (κ3) is 4.60. The second kappa shape index (κ2) is 7.21. The number of carbonyl (C=O) groups is 1. The lowest BCUT2D eigenvalue weighted by molar-refractivity contribution is 0.208. The van der Waals surface area contributed by atoms with Gasteiger partial charge in [0.1, 0.15) is 5.75 Å². The number of aryl methyl sites for hydroxylation is 1. The topological polar surface area (TPSA) is 75.7 Å². The zero-order chi connectivity index (χ0) is 17.0. The maximum atomic E-state index is 12.2. The van der Waals surface area contributed by atoms with Crippen LogP contribution < -0.4 is 10.1 Å². The quantitative estimate of drug-likeness (QED) is 0.885. The Hall–Kier alpha value is -1.76. The van der Waals surface area contributed by atoms with Gasteiger partial charge in [-0.2, -0.15) is 0 Å². The van der Waals surface area contributed by atoms with E-state index in [4.69, 9.17) is 4.74 Å². The van der Waals surface area contributed by atoms with Crippen molar-refractivity contribution >= 4 is 15.9 Å². The molecule has 1 heterocycles. The van der Waals surface area contributed by atoms with Crippen LogP contribution in [-0.4, -0.2) is 50.6 Å². The molecule has 1 aliphatic heterocycles. The van der Waals surface area contributed by atoms with Crippen LogP contribution in [0.5, 0.6) is 5.75 Å². The molecule has 1 atom stereocenters. The molecule has 1 aliphatic rings. The molecule has 1 aromatic rings. The van der Waals surface area contributed by atoms with Crippen LogP contribution in [0.4, 0.5) is 4.79 Å². The Morgan fingerprint density at radius 2 is 2.17 bits per heavy atom. The SMILES string of the molecule is CCOc1cc(C)ccc1CNC(=O)N1CC[C@H](S(C)(=O)=O)C1. The molecule has 1 N–H and O–H groups in total. The highest BCUT2D eigenvalue weighted by Crippen LogP contribution is 2.21. The number of likely N-dealkylation sites (tertiary alicyclic amines) is 1. The van der Waals surface area contributed by atoms with Gasteiger partial charge in [-0.15, -0.1) is 0 Å². The molecular weight excluding hydrogens is 316 g/mol. The fourth-order valence-electron chi connectivity index (χ4n) is 2.64. The van der Waals surface area contributed by atoms with E-state index in [1.807, 2.05) is 32.0 Å². The van der Waals surface area contributed by atoms with Gasteiger partial charge >= 0.3 is 6.03 Å². The van der Waals surface area contributed by atoms with Crippen molar-refractivity contribution in [3.63, 3.8) is 0 Å². The number of urea groups is 1. The van der Waals surface area contributed by atoms with Gasteiger partial charge in [-0.05, 0) is 31.9 Å². The van der Waals surface area contributed by atoms with Crippen molar-refractivity contribution < 1.29 is 17.9 Å². The van der Waals surface area contributed by atoms with Gasteiger partial charge in [0.25, 0.3) is 0 Å². The van der Waals surface area contributed by atoms with E-state index in [0.717, 1.165) is 16.9 Å². The molecule has 2 amide bonds. The molecule has 128 valence electrons. The fraction of sp³-hybridized carbons (Fsp3) is 0.562. The summed E-state index contributed by atoms with van der Waals surface area (Å²) in [6.07, 6.45) is 1.72.